The summed E-state index contributed by atoms with van der Waals surface area (Å²) in [6, 6.07) is 11.1. The maximum absolute atomic E-state index is 4.40. The summed E-state index contributed by atoms with van der Waals surface area (Å²) in [7, 11) is 0. The van der Waals surface area contributed by atoms with Crippen molar-refractivity contribution in [3.05, 3.63) is 42.1 Å². The predicted octanol–water partition coefficient (Wildman–Crippen LogP) is 3.17. The molecule has 1 N–H and O–H groups in total. The van der Waals surface area contributed by atoms with Crippen LogP contribution >= 0.6 is 0 Å². The number of pyridine rings is 1. The minimum Gasteiger partial charge on any atom is -0.314 e. The van der Waals surface area contributed by atoms with Crippen molar-refractivity contribution in [3.8, 4) is 0 Å². The number of hydrogen-bond acceptors (Lipinski definition) is 2. The first kappa shape index (κ1) is 12.1. The Morgan fingerprint density at radius 2 is 2.00 bits per heavy atom. The van der Waals surface area contributed by atoms with Gasteiger partial charge in [0.05, 0.1) is 5.52 Å². The minimum absolute atomic E-state index is 0.561. The minimum atomic E-state index is 0.561. The van der Waals surface area contributed by atoms with Gasteiger partial charge < -0.3 is 5.32 Å². The number of benzene rings is 1. The fourth-order valence-corrected chi connectivity index (χ4v) is 2.25. The van der Waals surface area contributed by atoms with Crippen LogP contribution in [0.5, 0.6) is 0 Å². The van der Waals surface area contributed by atoms with E-state index in [1.807, 2.05) is 12.3 Å². The highest BCUT2D eigenvalue weighted by Gasteiger charge is 2.08. The number of fused-ring (bicyclic) bond motifs is 1. The molecule has 2 heteroatoms. The van der Waals surface area contributed by atoms with Gasteiger partial charge in [-0.1, -0.05) is 32.0 Å². The average molecular weight is 228 g/mol. The van der Waals surface area contributed by atoms with Gasteiger partial charge in [0, 0.05) is 17.6 Å². The Labute approximate surface area is 103 Å². The highest BCUT2D eigenvalue weighted by atomic mass is 14.9. The van der Waals surface area contributed by atoms with Gasteiger partial charge in [0.2, 0.25) is 0 Å². The first-order valence-electron chi connectivity index (χ1n) is 6.41. The Hall–Kier alpha value is -1.41. The smallest absolute Gasteiger partial charge is 0.0704 e. The number of likely N-dealkylation sites (N-methyl/N-ethyl adjacent to an activating group) is 1. The van der Waals surface area contributed by atoms with Crippen LogP contribution in [0.1, 0.15) is 25.8 Å². The van der Waals surface area contributed by atoms with E-state index in [4.69, 9.17) is 0 Å². The molecule has 0 saturated heterocycles. The van der Waals surface area contributed by atoms with E-state index in [0.29, 0.717) is 6.04 Å². The monoisotopic (exact) mass is 228 g/mol. The molecule has 0 aliphatic rings. The first-order chi connectivity index (χ1) is 8.35. The van der Waals surface area contributed by atoms with E-state index in [2.05, 4.69) is 48.4 Å². The summed E-state index contributed by atoms with van der Waals surface area (Å²) in [6.07, 6.45) is 4.15. The van der Waals surface area contributed by atoms with Crippen LogP contribution in [0.3, 0.4) is 0 Å². The molecule has 0 radical (unpaired) electrons. The van der Waals surface area contributed by atoms with Gasteiger partial charge in [-0.3, -0.25) is 4.98 Å². The second-order valence-corrected chi connectivity index (χ2v) is 4.35. The number of para-hydroxylation sites is 1. The van der Waals surface area contributed by atoms with Crippen LogP contribution in [0, 0.1) is 0 Å². The Bertz CT molecular complexity index is 474. The van der Waals surface area contributed by atoms with Gasteiger partial charge >= 0.3 is 0 Å². The zero-order chi connectivity index (χ0) is 12.1. The quantitative estimate of drug-likeness (QED) is 0.850. The topological polar surface area (TPSA) is 24.9 Å². The zero-order valence-electron chi connectivity index (χ0n) is 10.6. The first-order valence-corrected chi connectivity index (χ1v) is 6.41. The zero-order valence-corrected chi connectivity index (χ0v) is 10.6. The molecular weight excluding hydrogens is 208 g/mol. The van der Waals surface area contributed by atoms with Gasteiger partial charge in [-0.2, -0.15) is 0 Å². The molecule has 2 aromatic rings. The normalized spacial score (nSPS) is 12.8. The van der Waals surface area contributed by atoms with Gasteiger partial charge in [0.1, 0.15) is 0 Å². The van der Waals surface area contributed by atoms with E-state index in [0.717, 1.165) is 24.9 Å². The van der Waals surface area contributed by atoms with Crippen molar-refractivity contribution in [2.24, 2.45) is 0 Å². The lowest BCUT2D eigenvalue weighted by Crippen LogP contribution is -2.30. The number of nitrogens with zero attached hydrogens (tertiary/aromatic N) is 1. The second-order valence-electron chi connectivity index (χ2n) is 4.35. The molecule has 17 heavy (non-hydrogen) atoms. The molecule has 0 fully saturated rings. The van der Waals surface area contributed by atoms with E-state index < -0.39 is 0 Å². The van der Waals surface area contributed by atoms with Crippen molar-refractivity contribution in [1.29, 1.82) is 0 Å². The van der Waals surface area contributed by atoms with Gasteiger partial charge in [0.15, 0.2) is 0 Å². The lowest BCUT2D eigenvalue weighted by Gasteiger charge is -2.16. The Morgan fingerprint density at radius 3 is 2.76 bits per heavy atom. The average Bonchev–Trinajstić information content (AvgIpc) is 2.38. The molecule has 1 heterocycles. The van der Waals surface area contributed by atoms with Crippen molar-refractivity contribution in [1.82, 2.24) is 10.3 Å². The lowest BCUT2D eigenvalue weighted by molar-refractivity contribution is 0.511. The maximum Gasteiger partial charge on any atom is 0.0704 e. The van der Waals surface area contributed by atoms with Gasteiger partial charge in [-0.05, 0) is 37.1 Å². The van der Waals surface area contributed by atoms with Crippen LogP contribution in [0.2, 0.25) is 0 Å². The van der Waals surface area contributed by atoms with Crippen molar-refractivity contribution in [3.63, 3.8) is 0 Å². The van der Waals surface area contributed by atoms with Crippen LogP contribution in [0.25, 0.3) is 10.9 Å². The highest BCUT2D eigenvalue weighted by molar-refractivity contribution is 5.81. The van der Waals surface area contributed by atoms with Crippen LogP contribution in [-0.4, -0.2) is 17.6 Å². The van der Waals surface area contributed by atoms with Crippen LogP contribution in [-0.2, 0) is 6.42 Å². The highest BCUT2D eigenvalue weighted by Crippen LogP contribution is 2.18. The summed E-state index contributed by atoms with van der Waals surface area (Å²) < 4.78 is 0. The molecule has 0 saturated carbocycles. The molecule has 0 aliphatic carbocycles. The summed E-state index contributed by atoms with van der Waals surface area (Å²) in [6.45, 7) is 5.42. The molecular formula is C15H20N2. The number of hydrogen-bond donors (Lipinski definition) is 1. The van der Waals surface area contributed by atoms with Crippen molar-refractivity contribution >= 4 is 10.9 Å². The fourth-order valence-electron chi connectivity index (χ4n) is 2.25. The van der Waals surface area contributed by atoms with E-state index >= 15 is 0 Å². The third-order valence-corrected chi connectivity index (χ3v) is 3.19. The standard InChI is InChI=1S/C15H20N2/c1-3-13(16-4-2)11-12-9-10-17-15-8-6-5-7-14(12)15/h5-10,13,16H,3-4,11H2,1-2H3. The molecule has 0 amide bonds. The second kappa shape index (κ2) is 5.78. The molecule has 1 aromatic carbocycles. The van der Waals surface area contributed by atoms with Crippen molar-refractivity contribution in [2.75, 3.05) is 6.54 Å². The van der Waals surface area contributed by atoms with Crippen LogP contribution < -0.4 is 5.32 Å². The Balaban J connectivity index is 2.28. The summed E-state index contributed by atoms with van der Waals surface area (Å²) in [5, 5.41) is 4.81. The summed E-state index contributed by atoms with van der Waals surface area (Å²) in [5.41, 5.74) is 2.49. The molecule has 0 aliphatic heterocycles. The predicted molar refractivity (Wildman–Crippen MR) is 73.2 cm³/mol. The molecule has 2 nitrogen and oxygen atoms in total. The number of aromatic nitrogens is 1. The Kier molecular flexibility index (Phi) is 4.10. The van der Waals surface area contributed by atoms with Crippen LogP contribution in [0.4, 0.5) is 0 Å². The third kappa shape index (κ3) is 2.83. The molecule has 0 spiro atoms. The number of nitrogens with one attached hydrogen (secondary N) is 1. The van der Waals surface area contributed by atoms with Gasteiger partial charge in [-0.25, -0.2) is 0 Å². The molecule has 90 valence electrons. The van der Waals surface area contributed by atoms with E-state index in [1.165, 1.54) is 10.9 Å². The lowest BCUT2D eigenvalue weighted by atomic mass is 10.0. The Morgan fingerprint density at radius 1 is 1.18 bits per heavy atom. The van der Waals surface area contributed by atoms with Crippen molar-refractivity contribution in [2.45, 2.75) is 32.7 Å². The van der Waals surface area contributed by atoms with E-state index in [9.17, 15) is 0 Å². The summed E-state index contributed by atoms with van der Waals surface area (Å²) in [4.78, 5) is 4.40. The summed E-state index contributed by atoms with van der Waals surface area (Å²) >= 11 is 0. The third-order valence-electron chi connectivity index (χ3n) is 3.19. The largest absolute Gasteiger partial charge is 0.314 e. The molecule has 2 rings (SSSR count). The number of rotatable bonds is 5. The van der Waals surface area contributed by atoms with E-state index in [-0.39, 0.29) is 0 Å². The van der Waals surface area contributed by atoms with Crippen molar-refractivity contribution < 1.29 is 0 Å². The SMILES string of the molecule is CCNC(CC)Cc1ccnc2ccccc12. The van der Waals surface area contributed by atoms with Gasteiger partial charge in [-0.15, -0.1) is 0 Å². The molecule has 0 bridgehead atoms. The maximum atomic E-state index is 4.40. The van der Waals surface area contributed by atoms with Gasteiger partial charge in [0.25, 0.3) is 0 Å². The summed E-state index contributed by atoms with van der Waals surface area (Å²) in [5.74, 6) is 0. The molecule has 1 aromatic heterocycles. The van der Waals surface area contributed by atoms with E-state index in [1.54, 1.807) is 0 Å². The molecule has 1 unspecified atom stereocenters. The molecule has 1 atom stereocenters. The fraction of sp³-hybridized carbons (Fsp3) is 0.400. The van der Waals surface area contributed by atoms with Crippen LogP contribution in [0.15, 0.2) is 36.5 Å².